The van der Waals surface area contributed by atoms with E-state index in [0.717, 1.165) is 18.6 Å². The van der Waals surface area contributed by atoms with Gasteiger partial charge in [-0.1, -0.05) is 6.92 Å². The van der Waals surface area contributed by atoms with Crippen molar-refractivity contribution in [3.63, 3.8) is 0 Å². The van der Waals surface area contributed by atoms with E-state index in [0.29, 0.717) is 6.61 Å². The molecular weight excluding hydrogens is 287 g/mol. The quantitative estimate of drug-likeness (QED) is 0.780. The first-order valence-electron chi connectivity index (χ1n) is 6.13. The molecule has 1 N–H and O–H groups in total. The Kier molecular flexibility index (Phi) is 5.64. The third-order valence-electron chi connectivity index (χ3n) is 2.72. The smallest absolute Gasteiger partial charge is 0.335 e. The second-order valence-corrected chi connectivity index (χ2v) is 6.40. The van der Waals surface area contributed by atoms with Crippen LogP contribution in [0.4, 0.5) is 4.39 Å². The van der Waals surface area contributed by atoms with E-state index in [2.05, 4.69) is 0 Å². The van der Waals surface area contributed by atoms with E-state index in [1.54, 1.807) is 0 Å². The van der Waals surface area contributed by atoms with Crippen LogP contribution in [0.5, 0.6) is 0 Å². The molecule has 0 radical (unpaired) electrons. The molecule has 20 heavy (non-hydrogen) atoms. The minimum absolute atomic E-state index is 0.00543. The molecule has 0 amide bonds. The lowest BCUT2D eigenvalue weighted by Gasteiger charge is -2.10. The zero-order valence-corrected chi connectivity index (χ0v) is 12.2. The predicted octanol–water partition coefficient (Wildman–Crippen LogP) is 2.03. The van der Waals surface area contributed by atoms with Crippen LogP contribution in [0.1, 0.15) is 29.3 Å². The molecule has 0 saturated heterocycles. The first-order valence-corrected chi connectivity index (χ1v) is 7.78. The van der Waals surface area contributed by atoms with E-state index in [1.807, 2.05) is 6.92 Å². The monoisotopic (exact) mass is 304 g/mol. The first-order chi connectivity index (χ1) is 9.29. The van der Waals surface area contributed by atoms with E-state index in [4.69, 9.17) is 9.84 Å². The third kappa shape index (κ3) is 4.01. The predicted molar refractivity (Wildman–Crippen MR) is 71.3 cm³/mol. The Morgan fingerprint density at radius 2 is 2.00 bits per heavy atom. The number of carboxylic acid groups (broad SMARTS) is 1. The van der Waals surface area contributed by atoms with Gasteiger partial charge in [0.05, 0.1) is 22.8 Å². The molecule has 0 atom stereocenters. The van der Waals surface area contributed by atoms with Crippen molar-refractivity contribution in [2.24, 2.45) is 0 Å². The minimum Gasteiger partial charge on any atom is -0.478 e. The summed E-state index contributed by atoms with van der Waals surface area (Å²) in [6.07, 6.45) is 0.766. The Morgan fingerprint density at radius 3 is 2.55 bits per heavy atom. The van der Waals surface area contributed by atoms with Gasteiger partial charge in [-0.3, -0.25) is 0 Å². The molecule has 1 aromatic rings. The van der Waals surface area contributed by atoms with Crippen LogP contribution in [0.2, 0.25) is 0 Å². The summed E-state index contributed by atoms with van der Waals surface area (Å²) in [5.74, 6) is -2.53. The van der Waals surface area contributed by atoms with Crippen LogP contribution in [0, 0.1) is 12.7 Å². The molecular formula is C13H17FO5S. The summed E-state index contributed by atoms with van der Waals surface area (Å²) in [4.78, 5) is 10.6. The molecule has 0 aliphatic carbocycles. The second-order valence-electron chi connectivity index (χ2n) is 4.32. The number of aromatic carboxylic acids is 1. The van der Waals surface area contributed by atoms with E-state index < -0.39 is 21.6 Å². The van der Waals surface area contributed by atoms with Crippen LogP contribution in [-0.2, 0) is 14.6 Å². The molecule has 0 bridgehead atoms. The largest absolute Gasteiger partial charge is 0.478 e. The van der Waals surface area contributed by atoms with Gasteiger partial charge >= 0.3 is 5.97 Å². The van der Waals surface area contributed by atoms with Gasteiger partial charge in [0.2, 0.25) is 0 Å². The highest BCUT2D eigenvalue weighted by Crippen LogP contribution is 2.22. The van der Waals surface area contributed by atoms with E-state index in [1.165, 1.54) is 6.92 Å². The minimum atomic E-state index is -3.78. The normalized spacial score (nSPS) is 11.6. The number of rotatable bonds is 7. The number of carboxylic acids is 1. The summed E-state index contributed by atoms with van der Waals surface area (Å²) in [7, 11) is -3.78. The van der Waals surface area contributed by atoms with Crippen LogP contribution < -0.4 is 0 Å². The molecule has 112 valence electrons. The third-order valence-corrected chi connectivity index (χ3v) is 4.52. The van der Waals surface area contributed by atoms with Crippen molar-refractivity contribution in [3.05, 3.63) is 29.1 Å². The number of benzene rings is 1. The van der Waals surface area contributed by atoms with Crippen molar-refractivity contribution in [1.82, 2.24) is 0 Å². The second kappa shape index (κ2) is 6.81. The molecule has 0 heterocycles. The maximum atomic E-state index is 13.6. The molecule has 7 heteroatoms. The fourth-order valence-corrected chi connectivity index (χ4v) is 3.05. The highest BCUT2D eigenvalue weighted by atomic mass is 32.2. The topological polar surface area (TPSA) is 80.7 Å². The molecule has 0 aliphatic rings. The maximum Gasteiger partial charge on any atom is 0.335 e. The molecule has 0 aromatic heterocycles. The van der Waals surface area contributed by atoms with Gasteiger partial charge in [-0.05, 0) is 25.5 Å². The fourth-order valence-electron chi connectivity index (χ4n) is 1.63. The molecule has 1 aromatic carbocycles. The van der Waals surface area contributed by atoms with Crippen molar-refractivity contribution in [3.8, 4) is 0 Å². The summed E-state index contributed by atoms with van der Waals surface area (Å²) in [6, 6.07) is 1.79. The molecule has 1 rings (SSSR count). The van der Waals surface area contributed by atoms with Crippen molar-refractivity contribution in [1.29, 1.82) is 0 Å². The number of sulfone groups is 1. The van der Waals surface area contributed by atoms with Crippen molar-refractivity contribution in [2.75, 3.05) is 19.0 Å². The van der Waals surface area contributed by atoms with Crippen LogP contribution >= 0.6 is 0 Å². The van der Waals surface area contributed by atoms with Gasteiger partial charge in [0.1, 0.15) is 5.82 Å². The molecule has 0 saturated carbocycles. The lowest BCUT2D eigenvalue weighted by molar-refractivity contribution is 0.0696. The Labute approximate surface area is 117 Å². The summed E-state index contributed by atoms with van der Waals surface area (Å²) < 4.78 is 42.9. The van der Waals surface area contributed by atoms with Gasteiger partial charge < -0.3 is 9.84 Å². The van der Waals surface area contributed by atoms with Gasteiger partial charge in [0.15, 0.2) is 9.84 Å². The Hall–Kier alpha value is -1.47. The fraction of sp³-hybridized carbons (Fsp3) is 0.462. The van der Waals surface area contributed by atoms with E-state index in [-0.39, 0.29) is 28.4 Å². The first kappa shape index (κ1) is 16.6. The highest BCUT2D eigenvalue weighted by molar-refractivity contribution is 7.91. The Morgan fingerprint density at radius 1 is 1.35 bits per heavy atom. The van der Waals surface area contributed by atoms with Gasteiger partial charge in [0.25, 0.3) is 0 Å². The van der Waals surface area contributed by atoms with E-state index >= 15 is 0 Å². The lowest BCUT2D eigenvalue weighted by Crippen LogP contribution is -2.15. The van der Waals surface area contributed by atoms with Crippen LogP contribution in [-0.4, -0.2) is 38.5 Å². The van der Waals surface area contributed by atoms with Crippen molar-refractivity contribution < 1.29 is 27.4 Å². The highest BCUT2D eigenvalue weighted by Gasteiger charge is 2.22. The summed E-state index contributed by atoms with van der Waals surface area (Å²) in [6.45, 7) is 3.64. The maximum absolute atomic E-state index is 13.6. The summed E-state index contributed by atoms with van der Waals surface area (Å²) >= 11 is 0. The molecule has 0 unspecified atom stereocenters. The number of hydrogen-bond donors (Lipinski definition) is 1. The number of carbonyl (C=O) groups is 1. The van der Waals surface area contributed by atoms with Crippen LogP contribution in [0.25, 0.3) is 0 Å². The van der Waals surface area contributed by atoms with Crippen LogP contribution in [0.15, 0.2) is 17.0 Å². The SMILES string of the molecule is CCCOCCS(=O)(=O)c1cc(C(=O)O)cc(F)c1C. The van der Waals surface area contributed by atoms with Gasteiger partial charge in [0, 0.05) is 12.2 Å². The standard InChI is InChI=1S/C13H17FO5S/c1-3-4-19-5-6-20(17,18)12-8-10(13(15)16)7-11(14)9(12)2/h7-8H,3-6H2,1-2H3,(H,15,16). The van der Waals surface area contributed by atoms with E-state index in [9.17, 15) is 17.6 Å². The average Bonchev–Trinajstić information content (AvgIpc) is 2.37. The number of halogens is 1. The average molecular weight is 304 g/mol. The molecule has 0 aliphatic heterocycles. The van der Waals surface area contributed by atoms with Gasteiger partial charge in [-0.2, -0.15) is 0 Å². The molecule has 0 fully saturated rings. The van der Waals surface area contributed by atoms with Crippen molar-refractivity contribution in [2.45, 2.75) is 25.2 Å². The lowest BCUT2D eigenvalue weighted by atomic mass is 10.1. The van der Waals surface area contributed by atoms with Crippen molar-refractivity contribution >= 4 is 15.8 Å². The molecule has 5 nitrogen and oxygen atoms in total. The Balaban J connectivity index is 3.07. The Bertz CT molecular complexity index is 595. The summed E-state index contributed by atoms with van der Waals surface area (Å²) in [5, 5.41) is 8.85. The zero-order valence-electron chi connectivity index (χ0n) is 11.3. The molecule has 0 spiro atoms. The van der Waals surface area contributed by atoms with Crippen LogP contribution in [0.3, 0.4) is 0 Å². The number of hydrogen-bond acceptors (Lipinski definition) is 4. The van der Waals surface area contributed by atoms with Gasteiger partial charge in [-0.25, -0.2) is 17.6 Å². The zero-order chi connectivity index (χ0) is 15.3. The van der Waals surface area contributed by atoms with Gasteiger partial charge in [-0.15, -0.1) is 0 Å². The summed E-state index contributed by atoms with van der Waals surface area (Å²) in [5.41, 5.74) is -0.466. The number of ether oxygens (including phenoxy) is 1.